The van der Waals surface area contributed by atoms with Crippen molar-refractivity contribution in [3.63, 3.8) is 0 Å². The molecule has 2 heterocycles. The molecule has 1 saturated carbocycles. The third-order valence-corrected chi connectivity index (χ3v) is 4.17. The molecule has 0 spiro atoms. The lowest BCUT2D eigenvalue weighted by atomic mass is 9.86. The Morgan fingerprint density at radius 2 is 2.25 bits per heavy atom. The van der Waals surface area contributed by atoms with Crippen LogP contribution in [0.15, 0.2) is 16.9 Å². The van der Waals surface area contributed by atoms with E-state index >= 15 is 0 Å². The fraction of sp³-hybridized carbons (Fsp3) is 0.500. The van der Waals surface area contributed by atoms with Crippen molar-refractivity contribution >= 4 is 11.6 Å². The number of aromatic amines is 1. The van der Waals surface area contributed by atoms with E-state index in [2.05, 4.69) is 20.7 Å². The molecule has 2 aliphatic rings. The number of nitrogens with one attached hydrogen (secondary N) is 2. The molecule has 0 radical (unpaired) electrons. The van der Waals surface area contributed by atoms with E-state index in [1.54, 1.807) is 12.4 Å². The zero-order valence-electron chi connectivity index (χ0n) is 11.1. The van der Waals surface area contributed by atoms with Crippen molar-refractivity contribution in [1.29, 1.82) is 0 Å². The van der Waals surface area contributed by atoms with Crippen LogP contribution in [0, 0.1) is 0 Å². The van der Waals surface area contributed by atoms with E-state index in [0.717, 1.165) is 54.8 Å². The highest BCUT2D eigenvalue weighted by Crippen LogP contribution is 2.43. The fourth-order valence-corrected chi connectivity index (χ4v) is 2.94. The minimum atomic E-state index is -0.126. The van der Waals surface area contributed by atoms with Gasteiger partial charge in [-0.2, -0.15) is 5.10 Å². The molecule has 6 nitrogen and oxygen atoms in total. The van der Waals surface area contributed by atoms with E-state index in [4.69, 9.17) is 4.52 Å². The number of hydrogen-bond donors (Lipinski definition) is 2. The molecule has 2 aliphatic carbocycles. The molecule has 1 fully saturated rings. The van der Waals surface area contributed by atoms with Crippen molar-refractivity contribution in [2.24, 2.45) is 0 Å². The van der Waals surface area contributed by atoms with Crippen molar-refractivity contribution in [2.45, 2.75) is 43.9 Å². The summed E-state index contributed by atoms with van der Waals surface area (Å²) in [6.45, 7) is 0. The first kappa shape index (κ1) is 11.7. The lowest BCUT2D eigenvalue weighted by molar-refractivity contribution is -0.117. The van der Waals surface area contributed by atoms with Crippen LogP contribution in [0.25, 0.3) is 0 Å². The summed E-state index contributed by atoms with van der Waals surface area (Å²) in [7, 11) is 0. The molecule has 104 valence electrons. The van der Waals surface area contributed by atoms with Gasteiger partial charge in [0.15, 0.2) is 5.76 Å². The molecule has 1 atom stereocenters. The molecule has 6 heteroatoms. The number of H-pyrrole nitrogens is 1. The summed E-state index contributed by atoms with van der Waals surface area (Å²) in [5.41, 5.74) is 2.84. The molecule has 2 aromatic rings. The monoisotopic (exact) mass is 272 g/mol. The van der Waals surface area contributed by atoms with E-state index in [-0.39, 0.29) is 11.8 Å². The Labute approximate surface area is 115 Å². The van der Waals surface area contributed by atoms with Crippen molar-refractivity contribution < 1.29 is 9.32 Å². The molecule has 1 unspecified atom stereocenters. The van der Waals surface area contributed by atoms with Crippen molar-refractivity contribution in [2.75, 3.05) is 5.32 Å². The van der Waals surface area contributed by atoms with Gasteiger partial charge in [0.25, 0.3) is 0 Å². The molecule has 0 bridgehead atoms. The molecule has 1 amide bonds. The number of carbonyl (C=O) groups excluding carboxylic acids is 1. The molecule has 4 rings (SSSR count). The third-order valence-electron chi connectivity index (χ3n) is 4.17. The third kappa shape index (κ3) is 1.92. The van der Waals surface area contributed by atoms with Gasteiger partial charge in [0.05, 0.1) is 18.3 Å². The van der Waals surface area contributed by atoms with Gasteiger partial charge in [0.1, 0.15) is 5.69 Å². The number of nitrogens with zero attached hydrogens (tertiary/aromatic N) is 2. The molecule has 0 aromatic carbocycles. The zero-order valence-corrected chi connectivity index (χ0v) is 11.1. The van der Waals surface area contributed by atoms with Crippen LogP contribution in [0.2, 0.25) is 0 Å². The van der Waals surface area contributed by atoms with Gasteiger partial charge in [-0.25, -0.2) is 0 Å². The van der Waals surface area contributed by atoms with E-state index in [9.17, 15) is 4.79 Å². The van der Waals surface area contributed by atoms with Gasteiger partial charge in [-0.1, -0.05) is 5.16 Å². The summed E-state index contributed by atoms with van der Waals surface area (Å²) in [5.74, 6) is 1.14. The van der Waals surface area contributed by atoms with Gasteiger partial charge in [-0.15, -0.1) is 0 Å². The minimum Gasteiger partial charge on any atom is -0.359 e. The Morgan fingerprint density at radius 3 is 3.10 bits per heavy atom. The van der Waals surface area contributed by atoms with Crippen molar-refractivity contribution in [3.05, 3.63) is 29.4 Å². The predicted molar refractivity (Wildman–Crippen MR) is 71.4 cm³/mol. The van der Waals surface area contributed by atoms with Gasteiger partial charge in [0.2, 0.25) is 5.91 Å². The topological polar surface area (TPSA) is 83.8 Å². The van der Waals surface area contributed by atoms with Gasteiger partial charge >= 0.3 is 0 Å². The SMILES string of the molecule is O=C(Nc1cnoc1C1CC1)C1CCCc2[nH]ncc21. The number of amides is 1. The molecular formula is C14H16N4O2. The number of anilines is 1. The zero-order chi connectivity index (χ0) is 13.5. The molecule has 20 heavy (non-hydrogen) atoms. The Bertz CT molecular complexity index is 641. The second-order valence-corrected chi connectivity index (χ2v) is 5.62. The Hall–Kier alpha value is -2.11. The van der Waals surface area contributed by atoms with Crippen LogP contribution >= 0.6 is 0 Å². The Balaban J connectivity index is 1.55. The average Bonchev–Trinajstić information content (AvgIpc) is 3.00. The van der Waals surface area contributed by atoms with Crippen LogP contribution in [-0.4, -0.2) is 21.3 Å². The smallest absolute Gasteiger partial charge is 0.232 e. The van der Waals surface area contributed by atoms with E-state index in [0.29, 0.717) is 5.92 Å². The highest BCUT2D eigenvalue weighted by molar-refractivity contribution is 5.96. The first-order valence-electron chi connectivity index (χ1n) is 7.10. The highest BCUT2D eigenvalue weighted by atomic mass is 16.5. The number of aromatic nitrogens is 3. The van der Waals surface area contributed by atoms with Crippen LogP contribution in [0.1, 0.15) is 54.5 Å². The largest absolute Gasteiger partial charge is 0.359 e. The lowest BCUT2D eigenvalue weighted by Gasteiger charge is -2.20. The summed E-state index contributed by atoms with van der Waals surface area (Å²) in [5, 5.41) is 13.8. The number of aryl methyl sites for hydroxylation is 1. The fourth-order valence-electron chi connectivity index (χ4n) is 2.94. The molecule has 2 N–H and O–H groups in total. The van der Waals surface area contributed by atoms with Crippen molar-refractivity contribution in [1.82, 2.24) is 15.4 Å². The van der Waals surface area contributed by atoms with Crippen LogP contribution in [0.5, 0.6) is 0 Å². The quantitative estimate of drug-likeness (QED) is 0.898. The van der Waals surface area contributed by atoms with Crippen molar-refractivity contribution in [3.8, 4) is 0 Å². The highest BCUT2D eigenvalue weighted by Gasteiger charge is 2.33. The van der Waals surface area contributed by atoms with Crippen LogP contribution in [0.4, 0.5) is 5.69 Å². The standard InChI is InChI=1S/C14H16N4O2/c19-14(9-2-1-3-11-10(9)6-15-18-11)17-12-7-16-20-13(12)8-4-5-8/h6-9H,1-5H2,(H,15,18)(H,17,19). The van der Waals surface area contributed by atoms with E-state index < -0.39 is 0 Å². The first-order chi connectivity index (χ1) is 9.83. The Kier molecular flexibility index (Phi) is 2.61. The molecule has 0 saturated heterocycles. The van der Waals surface area contributed by atoms with Gasteiger partial charge < -0.3 is 9.84 Å². The van der Waals surface area contributed by atoms with E-state index in [1.807, 2.05) is 0 Å². The lowest BCUT2D eigenvalue weighted by Crippen LogP contribution is -2.24. The van der Waals surface area contributed by atoms with Crippen LogP contribution in [0.3, 0.4) is 0 Å². The average molecular weight is 272 g/mol. The van der Waals surface area contributed by atoms with Gasteiger partial charge in [0, 0.05) is 17.2 Å². The Morgan fingerprint density at radius 1 is 1.35 bits per heavy atom. The van der Waals surface area contributed by atoms with Gasteiger partial charge in [-0.05, 0) is 32.1 Å². The normalized spacial score (nSPS) is 21.5. The first-order valence-corrected chi connectivity index (χ1v) is 7.10. The number of hydrogen-bond acceptors (Lipinski definition) is 4. The summed E-state index contributed by atoms with van der Waals surface area (Å²) >= 11 is 0. The summed E-state index contributed by atoms with van der Waals surface area (Å²) in [4.78, 5) is 12.5. The van der Waals surface area contributed by atoms with E-state index in [1.165, 1.54) is 0 Å². The van der Waals surface area contributed by atoms with Crippen LogP contribution in [-0.2, 0) is 11.2 Å². The predicted octanol–water partition coefficient (Wildman–Crippen LogP) is 2.33. The second-order valence-electron chi connectivity index (χ2n) is 5.62. The number of carbonyl (C=O) groups is 1. The molecule has 0 aliphatic heterocycles. The maximum absolute atomic E-state index is 12.5. The molecule has 2 aromatic heterocycles. The number of rotatable bonds is 3. The molecular weight excluding hydrogens is 256 g/mol. The van der Waals surface area contributed by atoms with Crippen LogP contribution < -0.4 is 5.32 Å². The second kappa shape index (κ2) is 4.47. The minimum absolute atomic E-state index is 0.0115. The summed E-state index contributed by atoms with van der Waals surface area (Å²) in [6.07, 6.45) is 8.45. The maximum Gasteiger partial charge on any atom is 0.232 e. The summed E-state index contributed by atoms with van der Waals surface area (Å²) < 4.78 is 5.25. The summed E-state index contributed by atoms with van der Waals surface area (Å²) in [6, 6.07) is 0. The number of fused-ring (bicyclic) bond motifs is 1. The maximum atomic E-state index is 12.5. The van der Waals surface area contributed by atoms with Gasteiger partial charge in [-0.3, -0.25) is 9.89 Å².